The molecular weight excluding hydrogens is 268 g/mol. The molecule has 0 amide bonds. The van der Waals surface area contributed by atoms with E-state index in [0.29, 0.717) is 0 Å². The molecular formula is C8H7ClN4O3S. The number of aromatic nitrogens is 2. The molecule has 3 N–H and O–H groups in total. The monoisotopic (exact) mass is 274 g/mol. The van der Waals surface area contributed by atoms with E-state index in [4.69, 9.17) is 17.3 Å². The van der Waals surface area contributed by atoms with E-state index in [1.54, 1.807) is 0 Å². The number of nitrogen functional groups attached to an aromatic ring is 1. The topological polar surface area (TPSA) is 111 Å². The van der Waals surface area contributed by atoms with Gasteiger partial charge in [0.25, 0.3) is 10.0 Å². The Morgan fingerprint density at radius 1 is 1.41 bits per heavy atom. The Morgan fingerprint density at radius 2 is 2.18 bits per heavy atom. The lowest BCUT2D eigenvalue weighted by molar-refractivity contribution is 0.420. The van der Waals surface area contributed by atoms with Crippen molar-refractivity contribution < 1.29 is 12.9 Å². The molecule has 2 rings (SSSR count). The SMILES string of the molecule is Nc1ncc(S(=O)(=O)Nc2cnoc2)cc1Cl. The molecule has 17 heavy (non-hydrogen) atoms. The van der Waals surface area contributed by atoms with Gasteiger partial charge in [0.15, 0.2) is 0 Å². The lowest BCUT2D eigenvalue weighted by Gasteiger charge is -2.05. The third-order valence-corrected chi connectivity index (χ3v) is 3.49. The fraction of sp³-hybridized carbons (Fsp3) is 0. The van der Waals surface area contributed by atoms with Crippen LogP contribution in [0, 0.1) is 0 Å². The Kier molecular flexibility index (Phi) is 2.90. The van der Waals surface area contributed by atoms with E-state index in [2.05, 4.69) is 19.4 Å². The van der Waals surface area contributed by atoms with Crippen LogP contribution >= 0.6 is 11.6 Å². The second-order valence-corrected chi connectivity index (χ2v) is 5.15. The first-order valence-corrected chi connectivity index (χ1v) is 6.18. The smallest absolute Gasteiger partial charge is 0.263 e. The first-order valence-electron chi connectivity index (χ1n) is 4.32. The second-order valence-electron chi connectivity index (χ2n) is 3.06. The predicted octanol–water partition coefficient (Wildman–Crippen LogP) is 1.11. The van der Waals surface area contributed by atoms with Gasteiger partial charge in [-0.05, 0) is 6.07 Å². The molecule has 0 aliphatic carbocycles. The molecule has 0 aliphatic heterocycles. The zero-order valence-corrected chi connectivity index (χ0v) is 9.86. The molecule has 0 aliphatic rings. The zero-order valence-electron chi connectivity index (χ0n) is 8.29. The molecule has 9 heteroatoms. The van der Waals surface area contributed by atoms with Crippen LogP contribution < -0.4 is 10.5 Å². The molecule has 0 spiro atoms. The summed E-state index contributed by atoms with van der Waals surface area (Å²) >= 11 is 5.69. The normalized spacial score (nSPS) is 11.4. The van der Waals surface area contributed by atoms with Crippen molar-refractivity contribution >= 4 is 33.1 Å². The van der Waals surface area contributed by atoms with Gasteiger partial charge in [-0.3, -0.25) is 4.72 Å². The number of nitrogens with zero attached hydrogens (tertiary/aromatic N) is 2. The predicted molar refractivity (Wildman–Crippen MR) is 61.0 cm³/mol. The van der Waals surface area contributed by atoms with Gasteiger partial charge < -0.3 is 10.3 Å². The second kappa shape index (κ2) is 4.22. The summed E-state index contributed by atoms with van der Waals surface area (Å²) in [5.41, 5.74) is 5.59. The fourth-order valence-electron chi connectivity index (χ4n) is 1.05. The highest BCUT2D eigenvalue weighted by molar-refractivity contribution is 7.92. The van der Waals surface area contributed by atoms with Crippen LogP contribution in [0.1, 0.15) is 0 Å². The van der Waals surface area contributed by atoms with Crippen LogP contribution in [0.5, 0.6) is 0 Å². The van der Waals surface area contributed by atoms with Gasteiger partial charge in [-0.15, -0.1) is 0 Å². The van der Waals surface area contributed by atoms with Crippen LogP contribution in [0.25, 0.3) is 0 Å². The Bertz CT molecular complexity index is 626. The van der Waals surface area contributed by atoms with Gasteiger partial charge in [0.1, 0.15) is 22.7 Å². The molecule has 0 atom stereocenters. The number of rotatable bonds is 3. The summed E-state index contributed by atoms with van der Waals surface area (Å²) in [6, 6.07) is 1.21. The summed E-state index contributed by atoms with van der Waals surface area (Å²) in [4.78, 5) is 3.56. The van der Waals surface area contributed by atoms with Gasteiger partial charge in [-0.1, -0.05) is 16.8 Å². The molecule has 2 aromatic heterocycles. The minimum atomic E-state index is -3.78. The van der Waals surface area contributed by atoms with E-state index in [9.17, 15) is 8.42 Å². The van der Waals surface area contributed by atoms with E-state index >= 15 is 0 Å². The van der Waals surface area contributed by atoms with Crippen molar-refractivity contribution in [2.45, 2.75) is 4.90 Å². The molecule has 0 saturated heterocycles. The Labute approximate surface area is 102 Å². The van der Waals surface area contributed by atoms with E-state index in [-0.39, 0.29) is 21.4 Å². The third-order valence-electron chi connectivity index (χ3n) is 1.84. The number of nitrogens with one attached hydrogen (secondary N) is 1. The fourth-order valence-corrected chi connectivity index (χ4v) is 2.27. The highest BCUT2D eigenvalue weighted by Gasteiger charge is 2.16. The van der Waals surface area contributed by atoms with Crippen molar-refractivity contribution in [1.82, 2.24) is 10.1 Å². The van der Waals surface area contributed by atoms with Crippen LogP contribution in [0.4, 0.5) is 11.5 Å². The zero-order chi connectivity index (χ0) is 12.5. The lowest BCUT2D eigenvalue weighted by Crippen LogP contribution is -2.13. The number of sulfonamides is 1. The van der Waals surface area contributed by atoms with Crippen molar-refractivity contribution in [3.8, 4) is 0 Å². The number of nitrogens with two attached hydrogens (primary N) is 1. The minimum absolute atomic E-state index is 0.0654. The first kappa shape index (κ1) is 11.7. The molecule has 0 saturated carbocycles. The summed E-state index contributed by atoms with van der Waals surface area (Å²) in [7, 11) is -3.78. The van der Waals surface area contributed by atoms with Crippen LogP contribution in [-0.2, 0) is 10.0 Å². The third kappa shape index (κ3) is 2.48. The van der Waals surface area contributed by atoms with Gasteiger partial charge in [-0.25, -0.2) is 13.4 Å². The number of hydrogen-bond donors (Lipinski definition) is 2. The quantitative estimate of drug-likeness (QED) is 0.867. The van der Waals surface area contributed by atoms with Crippen LogP contribution in [0.3, 0.4) is 0 Å². The minimum Gasteiger partial charge on any atom is -0.382 e. The Balaban J connectivity index is 2.35. The van der Waals surface area contributed by atoms with Gasteiger partial charge in [0.2, 0.25) is 0 Å². The van der Waals surface area contributed by atoms with E-state index in [0.717, 1.165) is 12.5 Å². The summed E-state index contributed by atoms with van der Waals surface area (Å²) in [6.07, 6.45) is 3.49. The van der Waals surface area contributed by atoms with Gasteiger partial charge in [0, 0.05) is 6.20 Å². The van der Waals surface area contributed by atoms with E-state index in [1.807, 2.05) is 0 Å². The number of halogens is 1. The van der Waals surface area contributed by atoms with Crippen molar-refractivity contribution in [3.63, 3.8) is 0 Å². The van der Waals surface area contributed by atoms with E-state index in [1.165, 1.54) is 12.3 Å². The largest absolute Gasteiger partial charge is 0.382 e. The van der Waals surface area contributed by atoms with Crippen molar-refractivity contribution in [2.75, 3.05) is 10.5 Å². The maximum atomic E-state index is 11.8. The molecule has 2 heterocycles. The maximum Gasteiger partial charge on any atom is 0.263 e. The number of hydrogen-bond acceptors (Lipinski definition) is 6. The molecule has 0 aromatic carbocycles. The lowest BCUT2D eigenvalue weighted by atomic mass is 10.5. The summed E-state index contributed by atoms with van der Waals surface area (Å²) < 4.78 is 30.4. The molecule has 7 nitrogen and oxygen atoms in total. The van der Waals surface area contributed by atoms with E-state index < -0.39 is 10.0 Å². The van der Waals surface area contributed by atoms with Crippen LogP contribution in [0.15, 0.2) is 34.1 Å². The molecule has 0 unspecified atom stereocenters. The summed E-state index contributed by atoms with van der Waals surface area (Å²) in [5.74, 6) is 0.0654. The Hall–Kier alpha value is -1.80. The molecule has 0 bridgehead atoms. The van der Waals surface area contributed by atoms with Crippen molar-refractivity contribution in [3.05, 3.63) is 29.7 Å². The average molecular weight is 275 g/mol. The van der Waals surface area contributed by atoms with Crippen molar-refractivity contribution in [2.24, 2.45) is 0 Å². The van der Waals surface area contributed by atoms with Crippen LogP contribution in [-0.4, -0.2) is 18.6 Å². The number of anilines is 2. The molecule has 2 aromatic rings. The van der Waals surface area contributed by atoms with Crippen LogP contribution in [0.2, 0.25) is 5.02 Å². The maximum absolute atomic E-state index is 11.8. The highest BCUT2D eigenvalue weighted by atomic mass is 35.5. The summed E-state index contributed by atoms with van der Waals surface area (Å²) in [5, 5.41) is 3.44. The molecule has 0 fully saturated rings. The molecule has 90 valence electrons. The average Bonchev–Trinajstić information content (AvgIpc) is 2.73. The highest BCUT2D eigenvalue weighted by Crippen LogP contribution is 2.21. The van der Waals surface area contributed by atoms with Gasteiger partial charge >= 0.3 is 0 Å². The summed E-state index contributed by atoms with van der Waals surface area (Å²) in [6.45, 7) is 0. The van der Waals surface area contributed by atoms with Gasteiger partial charge in [0.05, 0.1) is 11.2 Å². The standard InChI is InChI=1S/C8H7ClN4O3S/c9-7-1-6(3-11-8(7)10)17(14,15)13-5-2-12-16-4-5/h1-4,13H,(H2,10,11). The first-order chi connectivity index (χ1) is 7.99. The van der Waals surface area contributed by atoms with Crippen molar-refractivity contribution in [1.29, 1.82) is 0 Å². The number of pyridine rings is 1. The molecule has 0 radical (unpaired) electrons. The van der Waals surface area contributed by atoms with Gasteiger partial charge in [-0.2, -0.15) is 0 Å². The Morgan fingerprint density at radius 3 is 2.76 bits per heavy atom.